The highest BCUT2D eigenvalue weighted by Crippen LogP contribution is 2.29. The summed E-state index contributed by atoms with van der Waals surface area (Å²) in [6, 6.07) is 21.1. The monoisotopic (exact) mass is 530 g/mol. The topological polar surface area (TPSA) is 106 Å². The first-order valence-electron chi connectivity index (χ1n) is 13.4. The summed E-state index contributed by atoms with van der Waals surface area (Å²) in [6.07, 6.45) is 3.36. The number of likely N-dealkylation sites (tertiary alicyclic amines) is 1. The highest BCUT2D eigenvalue weighted by molar-refractivity contribution is 6.06. The van der Waals surface area contributed by atoms with Crippen LogP contribution in [0.5, 0.6) is 11.5 Å². The molecule has 1 fully saturated rings. The number of hydrogen-bond donors (Lipinski definition) is 3. The normalized spacial score (nSPS) is 14.0. The molecular weight excluding hydrogens is 492 g/mol. The molecule has 0 saturated carbocycles. The van der Waals surface area contributed by atoms with E-state index in [9.17, 15) is 9.59 Å². The summed E-state index contributed by atoms with van der Waals surface area (Å²) < 4.78 is 10.7. The molecule has 2 amide bonds. The zero-order valence-electron chi connectivity index (χ0n) is 22.7. The summed E-state index contributed by atoms with van der Waals surface area (Å²) in [4.78, 5) is 28.3. The fourth-order valence-electron chi connectivity index (χ4n) is 4.97. The van der Waals surface area contributed by atoms with E-state index in [1.165, 1.54) is 12.7 Å². The van der Waals surface area contributed by atoms with Crippen molar-refractivity contribution >= 4 is 17.5 Å². The Labute approximate surface area is 230 Å². The largest absolute Gasteiger partial charge is 0.493 e. The number of nitrogens with one attached hydrogen (secondary N) is 2. The van der Waals surface area contributed by atoms with Crippen molar-refractivity contribution in [3.63, 3.8) is 0 Å². The van der Waals surface area contributed by atoms with Gasteiger partial charge in [0.25, 0.3) is 11.8 Å². The van der Waals surface area contributed by atoms with Crippen molar-refractivity contribution in [1.82, 2.24) is 10.2 Å². The predicted octanol–water partition coefficient (Wildman–Crippen LogP) is 4.10. The minimum atomic E-state index is -0.293. The van der Waals surface area contributed by atoms with Crippen molar-refractivity contribution in [2.75, 3.05) is 45.7 Å². The average Bonchev–Trinajstić information content (AvgIpc) is 2.97. The van der Waals surface area contributed by atoms with Gasteiger partial charge in [-0.3, -0.25) is 14.5 Å². The molecule has 0 bridgehead atoms. The summed E-state index contributed by atoms with van der Waals surface area (Å²) in [7, 11) is 3.08. The molecule has 4 rings (SSSR count). The molecule has 1 saturated heterocycles. The maximum atomic E-state index is 13.3. The molecule has 206 valence electrons. The first-order chi connectivity index (χ1) is 19.0. The number of rotatable bonds is 11. The Bertz CT molecular complexity index is 1260. The van der Waals surface area contributed by atoms with Gasteiger partial charge in [0.1, 0.15) is 0 Å². The van der Waals surface area contributed by atoms with Gasteiger partial charge in [-0.1, -0.05) is 36.4 Å². The Morgan fingerprint density at radius 3 is 2.28 bits per heavy atom. The molecule has 0 aliphatic carbocycles. The van der Waals surface area contributed by atoms with Crippen LogP contribution in [0, 0.1) is 5.92 Å². The SMILES string of the molecule is COc1ccc(C(=O)Nc2cc(C(=O)NCCN)ccc2CN2CCC(Cc3ccccc3)CC2)cc1OC. The molecule has 4 N–H and O–H groups in total. The molecule has 39 heavy (non-hydrogen) atoms. The van der Waals surface area contributed by atoms with Gasteiger partial charge in [0.2, 0.25) is 0 Å². The van der Waals surface area contributed by atoms with E-state index in [-0.39, 0.29) is 11.8 Å². The quantitative estimate of drug-likeness (QED) is 0.345. The molecule has 0 spiro atoms. The number of nitrogens with zero attached hydrogens (tertiary/aromatic N) is 1. The summed E-state index contributed by atoms with van der Waals surface area (Å²) in [5.74, 6) is 1.16. The number of nitrogens with two attached hydrogens (primary N) is 1. The Balaban J connectivity index is 1.49. The van der Waals surface area contributed by atoms with E-state index < -0.39 is 0 Å². The van der Waals surface area contributed by atoms with Crippen molar-refractivity contribution in [2.24, 2.45) is 11.7 Å². The van der Waals surface area contributed by atoms with Gasteiger partial charge in [0, 0.05) is 36.4 Å². The van der Waals surface area contributed by atoms with Gasteiger partial charge >= 0.3 is 0 Å². The molecule has 0 unspecified atom stereocenters. The van der Waals surface area contributed by atoms with Gasteiger partial charge < -0.3 is 25.8 Å². The van der Waals surface area contributed by atoms with Crippen LogP contribution in [0.25, 0.3) is 0 Å². The maximum absolute atomic E-state index is 13.3. The molecule has 1 aliphatic heterocycles. The number of benzene rings is 3. The van der Waals surface area contributed by atoms with E-state index in [0.717, 1.165) is 37.9 Å². The van der Waals surface area contributed by atoms with E-state index in [2.05, 4.69) is 45.9 Å². The van der Waals surface area contributed by atoms with Crippen LogP contribution >= 0.6 is 0 Å². The molecule has 3 aromatic carbocycles. The Kier molecular flexibility index (Phi) is 9.94. The van der Waals surface area contributed by atoms with Crippen LogP contribution in [-0.2, 0) is 13.0 Å². The minimum absolute atomic E-state index is 0.227. The van der Waals surface area contributed by atoms with Gasteiger partial charge in [-0.15, -0.1) is 0 Å². The second kappa shape index (κ2) is 13.8. The van der Waals surface area contributed by atoms with Gasteiger partial charge in [0.05, 0.1) is 14.2 Å². The van der Waals surface area contributed by atoms with Crippen LogP contribution < -0.4 is 25.8 Å². The second-order valence-electron chi connectivity index (χ2n) is 9.85. The zero-order valence-corrected chi connectivity index (χ0v) is 22.7. The Hall–Kier alpha value is -3.88. The van der Waals surface area contributed by atoms with Crippen LogP contribution in [0.1, 0.15) is 44.7 Å². The van der Waals surface area contributed by atoms with Crippen molar-refractivity contribution in [2.45, 2.75) is 25.8 Å². The lowest BCUT2D eigenvalue weighted by Crippen LogP contribution is -2.34. The first-order valence-corrected chi connectivity index (χ1v) is 13.4. The van der Waals surface area contributed by atoms with E-state index in [4.69, 9.17) is 15.2 Å². The predicted molar refractivity (Wildman–Crippen MR) is 153 cm³/mol. The van der Waals surface area contributed by atoms with Crippen molar-refractivity contribution in [3.8, 4) is 11.5 Å². The van der Waals surface area contributed by atoms with E-state index in [1.807, 2.05) is 6.07 Å². The number of hydrogen-bond acceptors (Lipinski definition) is 6. The third-order valence-electron chi connectivity index (χ3n) is 7.16. The third-order valence-corrected chi connectivity index (χ3v) is 7.16. The Morgan fingerprint density at radius 1 is 0.897 bits per heavy atom. The van der Waals surface area contributed by atoms with Crippen LogP contribution in [0.3, 0.4) is 0 Å². The second-order valence-corrected chi connectivity index (χ2v) is 9.85. The number of ether oxygens (including phenoxy) is 2. The van der Waals surface area contributed by atoms with Gasteiger partial charge in [-0.05, 0) is 79.7 Å². The number of methoxy groups -OCH3 is 2. The minimum Gasteiger partial charge on any atom is -0.493 e. The van der Waals surface area contributed by atoms with E-state index in [1.54, 1.807) is 37.4 Å². The van der Waals surface area contributed by atoms with Crippen LogP contribution in [0.2, 0.25) is 0 Å². The van der Waals surface area contributed by atoms with E-state index in [0.29, 0.717) is 53.9 Å². The van der Waals surface area contributed by atoms with Gasteiger partial charge in [-0.2, -0.15) is 0 Å². The van der Waals surface area contributed by atoms with Crippen molar-refractivity contribution in [1.29, 1.82) is 0 Å². The highest BCUT2D eigenvalue weighted by Gasteiger charge is 2.22. The Morgan fingerprint density at radius 2 is 1.59 bits per heavy atom. The molecule has 1 aliphatic rings. The standard InChI is InChI=1S/C31H38N4O4/c1-38-28-11-10-25(20-29(28)39-2)31(37)34-27-19-24(30(36)33-15-14-32)8-9-26(27)21-35-16-12-23(13-17-35)18-22-6-4-3-5-7-22/h3-11,19-20,23H,12-18,21,32H2,1-2H3,(H,33,36)(H,34,37). The lowest BCUT2D eigenvalue weighted by atomic mass is 9.90. The molecule has 3 aromatic rings. The van der Waals surface area contributed by atoms with Crippen LogP contribution in [0.15, 0.2) is 66.7 Å². The molecule has 0 aromatic heterocycles. The molecule has 8 nitrogen and oxygen atoms in total. The molecule has 1 heterocycles. The number of piperidine rings is 1. The average molecular weight is 531 g/mol. The molecular formula is C31H38N4O4. The van der Waals surface area contributed by atoms with Gasteiger partial charge in [-0.25, -0.2) is 0 Å². The first kappa shape index (κ1) is 28.1. The summed E-state index contributed by atoms with van der Waals surface area (Å²) >= 11 is 0. The number of anilines is 1. The van der Waals surface area contributed by atoms with E-state index >= 15 is 0 Å². The number of carbonyl (C=O) groups excluding carboxylic acids is 2. The third kappa shape index (κ3) is 7.59. The summed E-state index contributed by atoms with van der Waals surface area (Å²) in [6.45, 7) is 3.39. The summed E-state index contributed by atoms with van der Waals surface area (Å²) in [5.41, 5.74) is 9.40. The van der Waals surface area contributed by atoms with Gasteiger partial charge in [0.15, 0.2) is 11.5 Å². The fraction of sp³-hybridized carbons (Fsp3) is 0.355. The highest BCUT2D eigenvalue weighted by atomic mass is 16.5. The van der Waals surface area contributed by atoms with Crippen molar-refractivity contribution < 1.29 is 19.1 Å². The smallest absolute Gasteiger partial charge is 0.255 e. The number of amides is 2. The molecule has 0 radical (unpaired) electrons. The lowest BCUT2D eigenvalue weighted by molar-refractivity contribution is 0.0953. The summed E-state index contributed by atoms with van der Waals surface area (Å²) in [5, 5.41) is 5.83. The lowest BCUT2D eigenvalue weighted by Gasteiger charge is -2.32. The van der Waals surface area contributed by atoms with Crippen molar-refractivity contribution in [3.05, 3.63) is 89.0 Å². The zero-order chi connectivity index (χ0) is 27.6. The van der Waals surface area contributed by atoms with Crippen LogP contribution in [0.4, 0.5) is 5.69 Å². The van der Waals surface area contributed by atoms with Crippen LogP contribution in [-0.4, -0.2) is 57.1 Å². The molecule has 0 atom stereocenters. The fourth-order valence-corrected chi connectivity index (χ4v) is 4.97. The molecule has 8 heteroatoms. The number of carbonyl (C=O) groups is 2. The maximum Gasteiger partial charge on any atom is 0.255 e.